The predicted molar refractivity (Wildman–Crippen MR) is 192 cm³/mol. The second kappa shape index (κ2) is 16.8. The number of alkyl halides is 6. The van der Waals surface area contributed by atoms with Gasteiger partial charge in [-0.1, -0.05) is 31.5 Å². The van der Waals surface area contributed by atoms with Crippen LogP contribution in [0.15, 0.2) is 54.2 Å². The van der Waals surface area contributed by atoms with Crippen LogP contribution in [0.4, 0.5) is 26.3 Å². The highest BCUT2D eigenvalue weighted by atomic mass is 32.1. The van der Waals surface area contributed by atoms with Crippen molar-refractivity contribution in [2.75, 3.05) is 26.2 Å². The molecule has 0 bridgehead atoms. The summed E-state index contributed by atoms with van der Waals surface area (Å²) in [5.74, 6) is -2.03. The lowest BCUT2D eigenvalue weighted by Gasteiger charge is -2.50. The van der Waals surface area contributed by atoms with Gasteiger partial charge in [0.2, 0.25) is 5.60 Å². The summed E-state index contributed by atoms with van der Waals surface area (Å²) in [4.78, 5) is 46.0. The third-order valence-corrected chi connectivity index (χ3v) is 11.4. The standard InChI is InChI=1S/C39H45F6N3O6S/c1-4-9-31-37(54-26-22-32(55-24-26)39(43,44)45,16-7-18-48(31)33(49)28-23-46-17-12-29(28)38(40,41)42)34(50)47-19-13-25(14-20-47)27-10-5-6-11-30(27)53-21-8-15-36(2,3)35(51)52/h5-6,10-12,17,22-25,31H,4,7-9,13-16,18-21H2,1-3H3,(H,51,52)/t31-,37+/m1/s1. The molecule has 55 heavy (non-hydrogen) atoms. The number of carboxylic acids is 1. The number of thiophene rings is 1. The smallest absolute Gasteiger partial charge is 0.425 e. The zero-order valence-corrected chi connectivity index (χ0v) is 31.7. The number of carbonyl (C=O) groups is 3. The van der Waals surface area contributed by atoms with Gasteiger partial charge in [-0.25, -0.2) is 0 Å². The molecule has 9 nitrogen and oxygen atoms in total. The SMILES string of the molecule is CCC[C@H]1N(C(=O)c2cnccc2C(F)(F)F)CCC[C@@]1(Oc1csc(C(F)(F)F)c1)C(=O)N1CCC(c2ccccc2OCCCC(C)(C)C(=O)O)CC1. The van der Waals surface area contributed by atoms with Crippen molar-refractivity contribution in [1.82, 2.24) is 14.8 Å². The molecule has 4 heterocycles. The second-order valence-corrected chi connectivity index (χ2v) is 15.6. The van der Waals surface area contributed by atoms with Gasteiger partial charge >= 0.3 is 18.3 Å². The first-order valence-corrected chi connectivity index (χ1v) is 19.2. The van der Waals surface area contributed by atoms with Crippen LogP contribution in [0.5, 0.6) is 11.5 Å². The summed E-state index contributed by atoms with van der Waals surface area (Å²) in [6.45, 7) is 5.87. The summed E-state index contributed by atoms with van der Waals surface area (Å²) in [6, 6.07) is 7.89. The van der Waals surface area contributed by atoms with E-state index in [4.69, 9.17) is 9.47 Å². The largest absolute Gasteiger partial charge is 0.493 e. The summed E-state index contributed by atoms with van der Waals surface area (Å²) in [7, 11) is 0. The van der Waals surface area contributed by atoms with Crippen LogP contribution in [-0.4, -0.2) is 75.6 Å². The van der Waals surface area contributed by atoms with Gasteiger partial charge in [-0.3, -0.25) is 19.4 Å². The molecule has 5 rings (SSSR count). The zero-order valence-electron chi connectivity index (χ0n) is 30.8. The van der Waals surface area contributed by atoms with Crippen molar-refractivity contribution in [2.24, 2.45) is 5.41 Å². The molecule has 1 N–H and O–H groups in total. The van der Waals surface area contributed by atoms with Crippen molar-refractivity contribution in [3.05, 3.63) is 75.7 Å². The Bertz CT molecular complexity index is 1820. The van der Waals surface area contributed by atoms with E-state index in [0.717, 1.165) is 29.4 Å². The molecule has 0 aliphatic carbocycles. The number of hydrogen-bond acceptors (Lipinski definition) is 7. The third kappa shape index (κ3) is 9.38. The first-order valence-electron chi connectivity index (χ1n) is 18.3. The highest BCUT2D eigenvalue weighted by Crippen LogP contribution is 2.44. The molecule has 16 heteroatoms. The van der Waals surface area contributed by atoms with Crippen LogP contribution in [0.1, 0.15) is 104 Å². The molecule has 2 aliphatic heterocycles. The van der Waals surface area contributed by atoms with E-state index in [0.29, 0.717) is 61.9 Å². The first-order chi connectivity index (χ1) is 25.9. The maximum Gasteiger partial charge on any atom is 0.425 e. The molecule has 2 saturated heterocycles. The van der Waals surface area contributed by atoms with E-state index in [-0.39, 0.29) is 50.6 Å². The summed E-state index contributed by atoms with van der Waals surface area (Å²) in [5, 5.41) is 10.6. The van der Waals surface area contributed by atoms with Crippen LogP contribution < -0.4 is 9.47 Å². The quantitative estimate of drug-likeness (QED) is 0.136. The molecule has 2 atom stereocenters. The van der Waals surface area contributed by atoms with Gasteiger partial charge in [0.1, 0.15) is 16.4 Å². The molecule has 3 aromatic rings. The molecule has 0 saturated carbocycles. The van der Waals surface area contributed by atoms with Crippen molar-refractivity contribution in [3.8, 4) is 11.5 Å². The van der Waals surface area contributed by atoms with Gasteiger partial charge in [0, 0.05) is 49.9 Å². The summed E-state index contributed by atoms with van der Waals surface area (Å²) >= 11 is 0.396. The number of benzene rings is 1. The highest BCUT2D eigenvalue weighted by molar-refractivity contribution is 7.10. The van der Waals surface area contributed by atoms with Crippen LogP contribution in [-0.2, 0) is 21.9 Å². The fourth-order valence-electron chi connectivity index (χ4n) is 7.52. The van der Waals surface area contributed by atoms with Crippen LogP contribution in [0.25, 0.3) is 0 Å². The second-order valence-electron chi connectivity index (χ2n) is 14.7. The Morgan fingerprint density at radius 2 is 1.73 bits per heavy atom. The Kier molecular flexibility index (Phi) is 12.8. The van der Waals surface area contributed by atoms with Gasteiger partial charge in [0.05, 0.1) is 29.2 Å². The maximum atomic E-state index is 14.9. The summed E-state index contributed by atoms with van der Waals surface area (Å²) < 4.78 is 95.7. The number of likely N-dealkylation sites (tertiary alicyclic amines) is 2. The number of piperidine rings is 2. The molecule has 1 aromatic carbocycles. The van der Waals surface area contributed by atoms with Crippen LogP contribution in [0.3, 0.4) is 0 Å². The van der Waals surface area contributed by atoms with Gasteiger partial charge < -0.3 is 24.4 Å². The van der Waals surface area contributed by atoms with Crippen molar-refractivity contribution in [2.45, 2.75) is 102 Å². The maximum absolute atomic E-state index is 14.9. The van der Waals surface area contributed by atoms with Gasteiger partial charge in [-0.15, -0.1) is 11.3 Å². The van der Waals surface area contributed by atoms with E-state index in [2.05, 4.69) is 4.98 Å². The molecule has 0 unspecified atom stereocenters. The minimum atomic E-state index is -4.87. The number of halogens is 6. The summed E-state index contributed by atoms with van der Waals surface area (Å²) in [6.07, 6.45) is -5.17. The Labute approximate surface area is 319 Å². The number of ether oxygens (including phenoxy) is 2. The number of amides is 2. The number of pyridine rings is 1. The Hall–Kier alpha value is -4.34. The molecular formula is C39H45F6N3O6S. The molecule has 0 radical (unpaired) electrons. The lowest BCUT2D eigenvalue weighted by molar-refractivity contribution is -0.160. The minimum absolute atomic E-state index is 0.00180. The lowest BCUT2D eigenvalue weighted by Crippen LogP contribution is -2.68. The van der Waals surface area contributed by atoms with Gasteiger partial charge in [-0.05, 0) is 76.0 Å². The first kappa shape index (κ1) is 41.8. The van der Waals surface area contributed by atoms with Crippen molar-refractivity contribution in [3.63, 3.8) is 0 Å². The topological polar surface area (TPSA) is 109 Å². The number of carboxylic acid groups (broad SMARTS) is 1. The zero-order chi connectivity index (χ0) is 40.2. The number of aromatic nitrogens is 1. The Balaban J connectivity index is 1.42. The highest BCUT2D eigenvalue weighted by Gasteiger charge is 2.56. The van der Waals surface area contributed by atoms with Crippen molar-refractivity contribution in [1.29, 1.82) is 0 Å². The van der Waals surface area contributed by atoms with E-state index in [1.165, 1.54) is 4.90 Å². The molecule has 2 fully saturated rings. The molecule has 2 amide bonds. The number of carbonyl (C=O) groups excluding carboxylic acids is 2. The van der Waals surface area contributed by atoms with Crippen LogP contribution >= 0.6 is 11.3 Å². The molecular weight excluding hydrogens is 752 g/mol. The van der Waals surface area contributed by atoms with E-state index in [9.17, 15) is 45.8 Å². The van der Waals surface area contributed by atoms with E-state index < -0.39 is 63.2 Å². The molecule has 2 aromatic heterocycles. The number of nitrogens with zero attached hydrogens (tertiary/aromatic N) is 3. The van der Waals surface area contributed by atoms with E-state index in [1.54, 1.807) is 25.7 Å². The van der Waals surface area contributed by atoms with Gasteiger partial charge in [-0.2, -0.15) is 26.3 Å². The number of rotatable bonds is 13. The predicted octanol–water partition coefficient (Wildman–Crippen LogP) is 9.08. The van der Waals surface area contributed by atoms with Crippen molar-refractivity contribution < 1.29 is 55.3 Å². The van der Waals surface area contributed by atoms with Gasteiger partial charge in [0.25, 0.3) is 11.8 Å². The summed E-state index contributed by atoms with van der Waals surface area (Å²) in [5.41, 5.74) is -3.75. The lowest BCUT2D eigenvalue weighted by atomic mass is 9.79. The molecule has 300 valence electrons. The fraction of sp³-hybridized carbons (Fsp3) is 0.538. The number of hydrogen-bond donors (Lipinski definition) is 1. The van der Waals surface area contributed by atoms with Crippen molar-refractivity contribution >= 4 is 29.1 Å². The normalized spacial score (nSPS) is 20.0. The number of para-hydroxylation sites is 1. The molecule has 0 spiro atoms. The van der Waals surface area contributed by atoms with E-state index in [1.807, 2.05) is 24.3 Å². The van der Waals surface area contributed by atoms with Crippen LogP contribution in [0, 0.1) is 5.41 Å². The minimum Gasteiger partial charge on any atom is -0.493 e. The van der Waals surface area contributed by atoms with E-state index >= 15 is 0 Å². The Morgan fingerprint density at radius 3 is 2.36 bits per heavy atom. The monoisotopic (exact) mass is 797 g/mol. The van der Waals surface area contributed by atoms with Gasteiger partial charge in [0.15, 0.2) is 0 Å². The molecule has 2 aliphatic rings. The number of aliphatic carboxylic acids is 1. The fourth-order valence-corrected chi connectivity index (χ4v) is 8.19. The third-order valence-electron chi connectivity index (χ3n) is 10.5. The average molecular weight is 798 g/mol. The average Bonchev–Trinajstić information content (AvgIpc) is 3.63. The van der Waals surface area contributed by atoms with Crippen LogP contribution in [0.2, 0.25) is 0 Å². The Morgan fingerprint density at radius 1 is 1.02 bits per heavy atom.